The Morgan fingerprint density at radius 1 is 1.05 bits per heavy atom. The Hall–Kier alpha value is -2.62. The van der Waals surface area contributed by atoms with Crippen molar-refractivity contribution in [2.75, 3.05) is 11.4 Å². The molecule has 1 fully saturated rings. The fourth-order valence-corrected chi connectivity index (χ4v) is 2.59. The molecule has 22 heavy (non-hydrogen) atoms. The highest BCUT2D eigenvalue weighted by Gasteiger charge is 2.21. The lowest BCUT2D eigenvalue weighted by molar-refractivity contribution is -0.117. The number of hydrogen-bond acceptors (Lipinski definition) is 2. The number of nitrogens with zero attached hydrogens (tertiary/aromatic N) is 1. The van der Waals surface area contributed by atoms with Crippen LogP contribution >= 0.6 is 0 Å². The van der Waals surface area contributed by atoms with Gasteiger partial charge in [0.15, 0.2) is 0 Å². The first-order chi connectivity index (χ1) is 10.7. The number of rotatable bonds is 4. The van der Waals surface area contributed by atoms with Crippen molar-refractivity contribution < 1.29 is 9.59 Å². The van der Waals surface area contributed by atoms with Crippen LogP contribution in [-0.2, 0) is 11.3 Å². The maximum Gasteiger partial charge on any atom is 0.251 e. The van der Waals surface area contributed by atoms with Crippen LogP contribution in [-0.4, -0.2) is 18.4 Å². The van der Waals surface area contributed by atoms with Gasteiger partial charge >= 0.3 is 0 Å². The number of hydrogen-bond donors (Lipinski definition) is 1. The van der Waals surface area contributed by atoms with Gasteiger partial charge in [-0.2, -0.15) is 0 Å². The highest BCUT2D eigenvalue weighted by atomic mass is 16.2. The van der Waals surface area contributed by atoms with Crippen LogP contribution in [0.5, 0.6) is 0 Å². The molecule has 0 spiro atoms. The summed E-state index contributed by atoms with van der Waals surface area (Å²) in [4.78, 5) is 25.5. The molecule has 4 nitrogen and oxygen atoms in total. The Kier molecular flexibility index (Phi) is 4.19. The molecule has 0 radical (unpaired) electrons. The maximum absolute atomic E-state index is 12.0. The lowest BCUT2D eigenvalue weighted by Crippen LogP contribution is -2.24. The molecule has 1 aliphatic heterocycles. The van der Waals surface area contributed by atoms with Gasteiger partial charge in [-0.1, -0.05) is 30.3 Å². The Labute approximate surface area is 129 Å². The molecule has 0 aromatic heterocycles. The molecule has 3 rings (SSSR count). The van der Waals surface area contributed by atoms with E-state index in [9.17, 15) is 9.59 Å². The lowest BCUT2D eigenvalue weighted by Gasteiger charge is -2.16. The van der Waals surface area contributed by atoms with E-state index in [0.29, 0.717) is 18.5 Å². The first-order valence-corrected chi connectivity index (χ1v) is 7.46. The molecule has 0 aliphatic carbocycles. The SMILES string of the molecule is O=C(NCc1ccc(N2CCCC2=O)cc1)c1ccccc1. The van der Waals surface area contributed by atoms with Crippen LogP contribution in [0.15, 0.2) is 54.6 Å². The van der Waals surface area contributed by atoms with Gasteiger partial charge in [0, 0.05) is 30.8 Å². The zero-order chi connectivity index (χ0) is 15.4. The summed E-state index contributed by atoms with van der Waals surface area (Å²) < 4.78 is 0. The second-order valence-electron chi connectivity index (χ2n) is 5.36. The second-order valence-corrected chi connectivity index (χ2v) is 5.36. The molecule has 2 amide bonds. The molecule has 2 aromatic carbocycles. The van der Waals surface area contributed by atoms with Gasteiger partial charge in [-0.15, -0.1) is 0 Å². The number of nitrogens with one attached hydrogen (secondary N) is 1. The minimum absolute atomic E-state index is 0.0839. The number of benzene rings is 2. The highest BCUT2D eigenvalue weighted by Crippen LogP contribution is 2.21. The molecule has 0 atom stereocenters. The Balaban J connectivity index is 1.59. The largest absolute Gasteiger partial charge is 0.348 e. The molecule has 112 valence electrons. The molecule has 1 N–H and O–H groups in total. The van der Waals surface area contributed by atoms with Gasteiger partial charge in [-0.3, -0.25) is 9.59 Å². The summed E-state index contributed by atoms with van der Waals surface area (Å²) in [6.45, 7) is 1.27. The predicted molar refractivity (Wildman–Crippen MR) is 85.6 cm³/mol. The number of carbonyl (C=O) groups is 2. The van der Waals surface area contributed by atoms with E-state index in [1.54, 1.807) is 12.1 Å². The zero-order valence-electron chi connectivity index (χ0n) is 12.3. The summed E-state index contributed by atoms with van der Waals surface area (Å²) in [7, 11) is 0. The minimum atomic E-state index is -0.0839. The number of anilines is 1. The van der Waals surface area contributed by atoms with Crippen LogP contribution in [0.3, 0.4) is 0 Å². The molecule has 0 saturated carbocycles. The van der Waals surface area contributed by atoms with Gasteiger partial charge in [-0.05, 0) is 36.2 Å². The molecule has 0 bridgehead atoms. The third-order valence-electron chi connectivity index (χ3n) is 3.81. The van der Waals surface area contributed by atoms with E-state index in [1.165, 1.54) is 0 Å². The van der Waals surface area contributed by atoms with Crippen LogP contribution in [0, 0.1) is 0 Å². The Bertz CT molecular complexity index is 665. The fraction of sp³-hybridized carbons (Fsp3) is 0.222. The van der Waals surface area contributed by atoms with Crippen molar-refractivity contribution in [3.8, 4) is 0 Å². The van der Waals surface area contributed by atoms with Crippen LogP contribution in [0.1, 0.15) is 28.8 Å². The Morgan fingerprint density at radius 3 is 2.41 bits per heavy atom. The summed E-state index contributed by atoms with van der Waals surface area (Å²) in [5.41, 5.74) is 2.60. The van der Waals surface area contributed by atoms with Crippen molar-refractivity contribution in [1.29, 1.82) is 0 Å². The summed E-state index contributed by atoms with van der Waals surface area (Å²) in [6, 6.07) is 16.9. The third kappa shape index (κ3) is 3.17. The molecule has 1 aliphatic rings. The van der Waals surface area contributed by atoms with Crippen LogP contribution in [0.25, 0.3) is 0 Å². The second kappa shape index (κ2) is 6.43. The standard InChI is InChI=1S/C18H18N2O2/c21-17-7-4-12-20(17)16-10-8-14(9-11-16)13-19-18(22)15-5-2-1-3-6-15/h1-3,5-6,8-11H,4,7,12-13H2,(H,19,22). The molecule has 0 unspecified atom stereocenters. The third-order valence-corrected chi connectivity index (χ3v) is 3.81. The average molecular weight is 294 g/mol. The van der Waals surface area contributed by atoms with Crippen molar-refractivity contribution in [2.24, 2.45) is 0 Å². The first kappa shape index (κ1) is 14.3. The smallest absolute Gasteiger partial charge is 0.251 e. The van der Waals surface area contributed by atoms with Gasteiger partial charge < -0.3 is 10.2 Å². The van der Waals surface area contributed by atoms with Crippen molar-refractivity contribution >= 4 is 17.5 Å². The lowest BCUT2D eigenvalue weighted by atomic mass is 10.1. The van der Waals surface area contributed by atoms with Crippen molar-refractivity contribution in [3.63, 3.8) is 0 Å². The van der Waals surface area contributed by atoms with Gasteiger partial charge in [0.2, 0.25) is 5.91 Å². The van der Waals surface area contributed by atoms with Crippen molar-refractivity contribution in [3.05, 3.63) is 65.7 Å². The molecular formula is C18H18N2O2. The summed E-state index contributed by atoms with van der Waals surface area (Å²) in [5.74, 6) is 0.101. The summed E-state index contributed by atoms with van der Waals surface area (Å²) >= 11 is 0. The quantitative estimate of drug-likeness (QED) is 0.942. The monoisotopic (exact) mass is 294 g/mol. The van der Waals surface area contributed by atoms with E-state index in [0.717, 1.165) is 24.2 Å². The van der Waals surface area contributed by atoms with E-state index in [2.05, 4.69) is 5.32 Å². The normalized spacial score (nSPS) is 14.2. The van der Waals surface area contributed by atoms with Gasteiger partial charge in [0.1, 0.15) is 0 Å². The fourth-order valence-electron chi connectivity index (χ4n) is 2.59. The predicted octanol–water partition coefficient (Wildman–Crippen LogP) is 2.74. The summed E-state index contributed by atoms with van der Waals surface area (Å²) in [5, 5.41) is 2.89. The molecule has 2 aromatic rings. The average Bonchev–Trinajstić information content (AvgIpc) is 3.00. The van der Waals surface area contributed by atoms with Crippen LogP contribution in [0.2, 0.25) is 0 Å². The highest BCUT2D eigenvalue weighted by molar-refractivity contribution is 5.95. The maximum atomic E-state index is 12.0. The van der Waals surface area contributed by atoms with Crippen LogP contribution < -0.4 is 10.2 Å². The van der Waals surface area contributed by atoms with E-state index in [1.807, 2.05) is 47.4 Å². The minimum Gasteiger partial charge on any atom is -0.348 e. The van der Waals surface area contributed by atoms with Crippen molar-refractivity contribution in [1.82, 2.24) is 5.32 Å². The molecule has 1 saturated heterocycles. The first-order valence-electron chi connectivity index (χ1n) is 7.46. The van der Waals surface area contributed by atoms with E-state index in [-0.39, 0.29) is 11.8 Å². The summed E-state index contributed by atoms with van der Waals surface area (Å²) in [6.07, 6.45) is 1.56. The van der Waals surface area contributed by atoms with E-state index >= 15 is 0 Å². The van der Waals surface area contributed by atoms with E-state index < -0.39 is 0 Å². The number of carbonyl (C=O) groups excluding carboxylic acids is 2. The van der Waals surface area contributed by atoms with E-state index in [4.69, 9.17) is 0 Å². The van der Waals surface area contributed by atoms with Crippen molar-refractivity contribution in [2.45, 2.75) is 19.4 Å². The zero-order valence-corrected chi connectivity index (χ0v) is 12.3. The number of amides is 2. The van der Waals surface area contributed by atoms with Gasteiger partial charge in [-0.25, -0.2) is 0 Å². The molecule has 1 heterocycles. The van der Waals surface area contributed by atoms with Gasteiger partial charge in [0.25, 0.3) is 5.91 Å². The molecule has 4 heteroatoms. The van der Waals surface area contributed by atoms with Crippen LogP contribution in [0.4, 0.5) is 5.69 Å². The molecular weight excluding hydrogens is 276 g/mol. The van der Waals surface area contributed by atoms with Gasteiger partial charge in [0.05, 0.1) is 0 Å². The Morgan fingerprint density at radius 2 is 1.77 bits per heavy atom. The topological polar surface area (TPSA) is 49.4 Å².